The third kappa shape index (κ3) is 2.14. The van der Waals surface area contributed by atoms with Crippen LogP contribution in [-0.4, -0.2) is 0 Å². The SMILES string of the molecule is Cc1cc(C2CC2)c(C(C)(C)C)c(C2CC2)c1. The molecule has 0 aromatic heterocycles. The van der Waals surface area contributed by atoms with Gasteiger partial charge in [0.2, 0.25) is 0 Å². The van der Waals surface area contributed by atoms with Crippen molar-refractivity contribution in [2.75, 3.05) is 0 Å². The van der Waals surface area contributed by atoms with E-state index in [0.29, 0.717) is 5.41 Å². The van der Waals surface area contributed by atoms with Gasteiger partial charge in [0.05, 0.1) is 0 Å². The zero-order valence-corrected chi connectivity index (χ0v) is 11.6. The van der Waals surface area contributed by atoms with Gasteiger partial charge in [0.1, 0.15) is 0 Å². The molecule has 0 amide bonds. The van der Waals surface area contributed by atoms with Crippen molar-refractivity contribution in [3.05, 3.63) is 34.4 Å². The zero-order chi connectivity index (χ0) is 12.2. The fourth-order valence-electron chi connectivity index (χ4n) is 3.14. The van der Waals surface area contributed by atoms with Crippen molar-refractivity contribution in [2.45, 2.75) is 70.6 Å². The van der Waals surface area contributed by atoms with E-state index in [-0.39, 0.29) is 0 Å². The Kier molecular flexibility index (Phi) is 2.40. The highest BCUT2D eigenvalue weighted by Gasteiger charge is 2.35. The van der Waals surface area contributed by atoms with Crippen molar-refractivity contribution in [1.82, 2.24) is 0 Å². The third-order valence-electron chi connectivity index (χ3n) is 4.13. The molecular weight excluding hydrogens is 204 g/mol. The minimum absolute atomic E-state index is 0.309. The summed E-state index contributed by atoms with van der Waals surface area (Å²) in [6.07, 6.45) is 5.65. The summed E-state index contributed by atoms with van der Waals surface area (Å²) in [5.74, 6) is 1.75. The van der Waals surface area contributed by atoms with Gasteiger partial charge in [-0.2, -0.15) is 0 Å². The quantitative estimate of drug-likeness (QED) is 0.664. The first kappa shape index (κ1) is 11.3. The molecule has 0 radical (unpaired) electrons. The number of aryl methyl sites for hydroxylation is 1. The van der Waals surface area contributed by atoms with Crippen LogP contribution in [0.15, 0.2) is 12.1 Å². The van der Waals surface area contributed by atoms with Gasteiger partial charge >= 0.3 is 0 Å². The molecule has 0 N–H and O–H groups in total. The molecule has 2 aliphatic rings. The molecule has 3 rings (SSSR count). The lowest BCUT2D eigenvalue weighted by atomic mass is 9.77. The molecule has 17 heavy (non-hydrogen) atoms. The molecule has 0 unspecified atom stereocenters. The maximum atomic E-state index is 2.46. The topological polar surface area (TPSA) is 0 Å². The fraction of sp³-hybridized carbons (Fsp3) is 0.647. The molecule has 0 aliphatic heterocycles. The van der Waals surface area contributed by atoms with E-state index in [4.69, 9.17) is 0 Å². The van der Waals surface area contributed by atoms with Crippen LogP contribution in [0, 0.1) is 6.92 Å². The van der Waals surface area contributed by atoms with E-state index in [2.05, 4.69) is 39.8 Å². The molecule has 2 saturated carbocycles. The van der Waals surface area contributed by atoms with Gasteiger partial charge in [0, 0.05) is 0 Å². The van der Waals surface area contributed by atoms with Crippen molar-refractivity contribution in [2.24, 2.45) is 0 Å². The monoisotopic (exact) mass is 228 g/mol. The molecule has 2 aliphatic carbocycles. The van der Waals surface area contributed by atoms with Crippen LogP contribution in [0.2, 0.25) is 0 Å². The molecule has 0 heterocycles. The second-order valence-electron chi connectivity index (χ2n) is 7.12. The van der Waals surface area contributed by atoms with Crippen LogP contribution in [0.5, 0.6) is 0 Å². The Morgan fingerprint density at radius 3 is 1.59 bits per heavy atom. The van der Waals surface area contributed by atoms with Gasteiger partial charge in [-0.25, -0.2) is 0 Å². The molecule has 0 heteroatoms. The highest BCUT2D eigenvalue weighted by molar-refractivity contribution is 5.49. The average molecular weight is 228 g/mol. The van der Waals surface area contributed by atoms with Gasteiger partial charge in [0.15, 0.2) is 0 Å². The minimum atomic E-state index is 0.309. The van der Waals surface area contributed by atoms with Crippen LogP contribution in [0.1, 0.15) is 80.5 Å². The lowest BCUT2D eigenvalue weighted by molar-refractivity contribution is 0.574. The van der Waals surface area contributed by atoms with Gasteiger partial charge in [-0.15, -0.1) is 0 Å². The van der Waals surface area contributed by atoms with E-state index in [1.807, 2.05) is 0 Å². The Hall–Kier alpha value is -0.780. The molecule has 0 bridgehead atoms. The normalized spacial score (nSPS) is 20.7. The number of benzene rings is 1. The van der Waals surface area contributed by atoms with Crippen molar-refractivity contribution >= 4 is 0 Å². The standard InChI is InChI=1S/C17H24/c1-11-9-14(12-5-6-12)16(17(2,3)4)15(10-11)13-7-8-13/h9-10,12-13H,5-8H2,1-4H3. The van der Waals surface area contributed by atoms with Gasteiger partial charge in [-0.05, 0) is 66.5 Å². The average Bonchev–Trinajstić information content (AvgIpc) is 3.08. The summed E-state index contributed by atoms with van der Waals surface area (Å²) in [5.41, 5.74) is 6.83. The lowest BCUT2D eigenvalue weighted by Gasteiger charge is -2.27. The molecule has 1 aromatic carbocycles. The van der Waals surface area contributed by atoms with E-state index < -0.39 is 0 Å². The van der Waals surface area contributed by atoms with Crippen molar-refractivity contribution in [3.8, 4) is 0 Å². The molecule has 92 valence electrons. The van der Waals surface area contributed by atoms with Crippen LogP contribution >= 0.6 is 0 Å². The summed E-state index contributed by atoms with van der Waals surface area (Å²) >= 11 is 0. The minimum Gasteiger partial charge on any atom is -0.0561 e. The highest BCUT2D eigenvalue weighted by atomic mass is 14.4. The summed E-state index contributed by atoms with van der Waals surface area (Å²) in [5, 5.41) is 0. The molecule has 0 atom stereocenters. The Balaban J connectivity index is 2.18. The Morgan fingerprint density at radius 1 is 0.882 bits per heavy atom. The van der Waals surface area contributed by atoms with E-state index >= 15 is 0 Å². The Bertz CT molecular complexity index is 407. The fourth-order valence-corrected chi connectivity index (χ4v) is 3.14. The number of rotatable bonds is 2. The summed E-state index contributed by atoms with van der Waals surface area (Å²) in [4.78, 5) is 0. The van der Waals surface area contributed by atoms with Gasteiger partial charge in [-0.1, -0.05) is 38.5 Å². The maximum Gasteiger partial charge on any atom is -0.0126 e. The lowest BCUT2D eigenvalue weighted by Crippen LogP contribution is -2.17. The van der Waals surface area contributed by atoms with Gasteiger partial charge in [0.25, 0.3) is 0 Å². The van der Waals surface area contributed by atoms with E-state index in [9.17, 15) is 0 Å². The smallest absolute Gasteiger partial charge is 0.0126 e. The van der Waals surface area contributed by atoms with E-state index in [1.54, 1.807) is 16.7 Å². The number of hydrogen-bond donors (Lipinski definition) is 0. The predicted octanol–water partition coefficient (Wildman–Crippen LogP) is 5.05. The Morgan fingerprint density at radius 2 is 1.29 bits per heavy atom. The highest BCUT2D eigenvalue weighted by Crippen LogP contribution is 2.51. The predicted molar refractivity (Wildman–Crippen MR) is 73.8 cm³/mol. The van der Waals surface area contributed by atoms with Crippen molar-refractivity contribution in [3.63, 3.8) is 0 Å². The van der Waals surface area contributed by atoms with Crippen molar-refractivity contribution < 1.29 is 0 Å². The van der Waals surface area contributed by atoms with Gasteiger partial charge in [-0.3, -0.25) is 0 Å². The summed E-state index contributed by atoms with van der Waals surface area (Å²) in [6.45, 7) is 9.42. The number of hydrogen-bond acceptors (Lipinski definition) is 0. The molecule has 2 fully saturated rings. The molecule has 0 spiro atoms. The van der Waals surface area contributed by atoms with Crippen LogP contribution in [0.3, 0.4) is 0 Å². The molecule has 0 nitrogen and oxygen atoms in total. The van der Waals surface area contributed by atoms with Gasteiger partial charge < -0.3 is 0 Å². The largest absolute Gasteiger partial charge is 0.0561 e. The summed E-state index contributed by atoms with van der Waals surface area (Å²) in [7, 11) is 0. The van der Waals surface area contributed by atoms with E-state index in [1.165, 1.54) is 31.2 Å². The molecule has 1 aromatic rings. The van der Waals surface area contributed by atoms with Crippen LogP contribution < -0.4 is 0 Å². The second kappa shape index (κ2) is 3.60. The first-order valence-corrected chi connectivity index (χ1v) is 7.12. The van der Waals surface area contributed by atoms with Crippen LogP contribution in [0.4, 0.5) is 0 Å². The molecule has 0 saturated heterocycles. The maximum absolute atomic E-state index is 2.46. The third-order valence-corrected chi connectivity index (χ3v) is 4.13. The summed E-state index contributed by atoms with van der Waals surface area (Å²) < 4.78 is 0. The second-order valence-corrected chi connectivity index (χ2v) is 7.12. The molecular formula is C17H24. The van der Waals surface area contributed by atoms with Crippen LogP contribution in [0.25, 0.3) is 0 Å². The first-order chi connectivity index (χ1) is 7.97. The summed E-state index contributed by atoms with van der Waals surface area (Å²) in [6, 6.07) is 4.92. The first-order valence-electron chi connectivity index (χ1n) is 7.12. The Labute approximate surface area is 105 Å². The zero-order valence-electron chi connectivity index (χ0n) is 11.6. The van der Waals surface area contributed by atoms with Crippen molar-refractivity contribution in [1.29, 1.82) is 0 Å². The van der Waals surface area contributed by atoms with E-state index in [0.717, 1.165) is 11.8 Å². The van der Waals surface area contributed by atoms with Crippen LogP contribution in [-0.2, 0) is 5.41 Å².